The second-order valence-electron chi connectivity index (χ2n) is 4.15. The summed E-state index contributed by atoms with van der Waals surface area (Å²) in [4.78, 5) is 12.4. The minimum atomic E-state index is -0.185. The molecule has 114 valence electrons. The van der Waals surface area contributed by atoms with Gasteiger partial charge in [0.05, 0.1) is 25.2 Å². The molecule has 0 heterocycles. The number of unbranched alkanes of at least 4 members (excludes halogenated alkanes) is 1. The molecule has 0 atom stereocenters. The van der Waals surface area contributed by atoms with Crippen molar-refractivity contribution < 1.29 is 14.3 Å². The van der Waals surface area contributed by atoms with E-state index in [-0.39, 0.29) is 5.97 Å². The van der Waals surface area contributed by atoms with Crippen LogP contribution >= 0.6 is 11.8 Å². The van der Waals surface area contributed by atoms with Crippen LogP contribution in [0, 0.1) is 0 Å². The predicted molar refractivity (Wildman–Crippen MR) is 86.6 cm³/mol. The van der Waals surface area contributed by atoms with Gasteiger partial charge < -0.3 is 9.47 Å². The lowest BCUT2D eigenvalue weighted by atomic mass is 10.2. The summed E-state index contributed by atoms with van der Waals surface area (Å²) in [5.74, 6) is 0.144. The van der Waals surface area contributed by atoms with Crippen molar-refractivity contribution in [2.75, 3.05) is 19.0 Å². The maximum atomic E-state index is 11.4. The summed E-state index contributed by atoms with van der Waals surface area (Å²) < 4.78 is 10.3. The summed E-state index contributed by atoms with van der Waals surface area (Å²) in [6.07, 6.45) is 9.75. The highest BCUT2D eigenvalue weighted by Gasteiger charge is 2.05. The van der Waals surface area contributed by atoms with E-state index >= 15 is 0 Å². The van der Waals surface area contributed by atoms with Crippen molar-refractivity contribution >= 4 is 17.7 Å². The van der Waals surface area contributed by atoms with E-state index in [2.05, 4.69) is 6.92 Å². The van der Waals surface area contributed by atoms with E-state index in [9.17, 15) is 4.79 Å². The van der Waals surface area contributed by atoms with E-state index in [1.165, 1.54) is 11.8 Å². The van der Waals surface area contributed by atoms with Gasteiger partial charge in [-0.25, -0.2) is 0 Å². The molecule has 0 amide bonds. The minimum Gasteiger partial charge on any atom is -0.501 e. The molecular formula is C16H26O3S. The smallest absolute Gasteiger partial charge is 0.316 e. The zero-order chi connectivity index (χ0) is 15.2. The normalized spacial score (nSPS) is 12.8. The molecule has 0 rings (SSSR count). The number of hydrogen-bond donors (Lipinski definition) is 0. The Bertz CT molecular complexity index is 357. The van der Waals surface area contributed by atoms with E-state index in [0.717, 1.165) is 29.9 Å². The van der Waals surface area contributed by atoms with Gasteiger partial charge in [0.1, 0.15) is 0 Å². The molecule has 0 spiro atoms. The second-order valence-corrected chi connectivity index (χ2v) is 5.17. The van der Waals surface area contributed by atoms with Gasteiger partial charge >= 0.3 is 5.97 Å². The van der Waals surface area contributed by atoms with Crippen molar-refractivity contribution in [1.82, 2.24) is 0 Å². The highest BCUT2D eigenvalue weighted by molar-refractivity contribution is 8.03. The van der Waals surface area contributed by atoms with Crippen LogP contribution in [0.2, 0.25) is 0 Å². The van der Waals surface area contributed by atoms with E-state index in [0.29, 0.717) is 12.4 Å². The van der Waals surface area contributed by atoms with Crippen molar-refractivity contribution in [2.45, 2.75) is 40.5 Å². The Morgan fingerprint density at radius 2 is 2.05 bits per heavy atom. The molecule has 0 N–H and O–H groups in total. The van der Waals surface area contributed by atoms with Gasteiger partial charge in [0.2, 0.25) is 0 Å². The lowest BCUT2D eigenvalue weighted by Crippen LogP contribution is -2.06. The standard InChI is InChI=1S/C16H26O3S/c1-5-8-11-18-12-9-10-15(14(4)6-2)20-13-16(17)19-7-3/h6,9-10,12H,5,7-8,11,13H2,1-4H3/b12-9+,14-6-,15-10+. The number of carbonyl (C=O) groups excluding carboxylic acids is 1. The Kier molecular flexibility index (Phi) is 12.1. The molecule has 20 heavy (non-hydrogen) atoms. The fourth-order valence-electron chi connectivity index (χ4n) is 1.25. The number of ether oxygens (including phenoxy) is 2. The maximum Gasteiger partial charge on any atom is 0.316 e. The average molecular weight is 298 g/mol. The van der Waals surface area contributed by atoms with Crippen molar-refractivity contribution in [3.63, 3.8) is 0 Å². The van der Waals surface area contributed by atoms with E-state index in [4.69, 9.17) is 9.47 Å². The molecule has 0 aromatic heterocycles. The third-order valence-corrected chi connectivity index (χ3v) is 3.66. The van der Waals surface area contributed by atoms with Crippen LogP contribution in [0.4, 0.5) is 0 Å². The lowest BCUT2D eigenvalue weighted by Gasteiger charge is -2.06. The predicted octanol–water partition coefficient (Wildman–Crippen LogP) is 4.46. The molecule has 0 aliphatic carbocycles. The zero-order valence-electron chi connectivity index (χ0n) is 13.0. The van der Waals surface area contributed by atoms with Gasteiger partial charge in [-0.05, 0) is 44.9 Å². The summed E-state index contributed by atoms with van der Waals surface area (Å²) >= 11 is 1.48. The monoisotopic (exact) mass is 298 g/mol. The molecular weight excluding hydrogens is 272 g/mol. The first-order chi connectivity index (χ1) is 9.65. The first-order valence-electron chi connectivity index (χ1n) is 7.05. The van der Waals surface area contributed by atoms with Gasteiger partial charge in [-0.15, -0.1) is 11.8 Å². The molecule has 0 unspecified atom stereocenters. The van der Waals surface area contributed by atoms with Crippen molar-refractivity contribution in [1.29, 1.82) is 0 Å². The van der Waals surface area contributed by atoms with Gasteiger partial charge in [0, 0.05) is 4.91 Å². The van der Waals surface area contributed by atoms with Crippen LogP contribution in [-0.4, -0.2) is 24.9 Å². The molecule has 0 aliphatic rings. The highest BCUT2D eigenvalue weighted by atomic mass is 32.2. The summed E-state index contributed by atoms with van der Waals surface area (Å²) in [5, 5.41) is 0. The molecule has 0 saturated heterocycles. The number of carbonyl (C=O) groups is 1. The number of rotatable bonds is 10. The Hall–Kier alpha value is -1.16. The fourth-order valence-corrected chi connectivity index (χ4v) is 2.13. The van der Waals surface area contributed by atoms with Crippen LogP contribution in [0.25, 0.3) is 0 Å². The Morgan fingerprint density at radius 1 is 1.30 bits per heavy atom. The molecule has 0 bridgehead atoms. The van der Waals surface area contributed by atoms with Crippen molar-refractivity contribution in [2.24, 2.45) is 0 Å². The average Bonchev–Trinajstić information content (AvgIpc) is 2.45. The molecule has 0 saturated carbocycles. The summed E-state index contributed by atoms with van der Waals surface area (Å²) in [5.41, 5.74) is 1.14. The maximum absolute atomic E-state index is 11.4. The largest absolute Gasteiger partial charge is 0.501 e. The van der Waals surface area contributed by atoms with Crippen LogP contribution in [-0.2, 0) is 14.3 Å². The minimum absolute atomic E-state index is 0.185. The van der Waals surface area contributed by atoms with E-state index in [1.807, 2.05) is 39.0 Å². The van der Waals surface area contributed by atoms with Crippen LogP contribution in [0.3, 0.4) is 0 Å². The zero-order valence-corrected chi connectivity index (χ0v) is 13.8. The lowest BCUT2D eigenvalue weighted by molar-refractivity contribution is -0.139. The van der Waals surface area contributed by atoms with Crippen LogP contribution < -0.4 is 0 Å². The molecule has 0 aliphatic heterocycles. The SMILES string of the molecule is C\C=C(C)/C(=C\C=C\OCCCC)SCC(=O)OCC. The number of esters is 1. The van der Waals surface area contributed by atoms with Gasteiger partial charge in [-0.2, -0.15) is 0 Å². The molecule has 3 nitrogen and oxygen atoms in total. The molecule has 0 aromatic rings. The number of hydrogen-bond acceptors (Lipinski definition) is 4. The van der Waals surface area contributed by atoms with Gasteiger partial charge in [-0.1, -0.05) is 19.4 Å². The Balaban J connectivity index is 4.37. The molecule has 4 heteroatoms. The van der Waals surface area contributed by atoms with E-state index in [1.54, 1.807) is 6.26 Å². The summed E-state index contributed by atoms with van der Waals surface area (Å²) in [6.45, 7) is 9.12. The number of thioether (sulfide) groups is 1. The second kappa shape index (κ2) is 12.9. The van der Waals surface area contributed by atoms with Gasteiger partial charge in [-0.3, -0.25) is 4.79 Å². The quantitative estimate of drug-likeness (QED) is 0.258. The number of allylic oxidation sites excluding steroid dienone is 4. The van der Waals surface area contributed by atoms with Crippen molar-refractivity contribution in [3.8, 4) is 0 Å². The first kappa shape index (κ1) is 18.8. The Morgan fingerprint density at radius 3 is 2.65 bits per heavy atom. The van der Waals surface area contributed by atoms with Crippen LogP contribution in [0.5, 0.6) is 0 Å². The topological polar surface area (TPSA) is 35.5 Å². The third-order valence-electron chi connectivity index (χ3n) is 2.51. The molecule has 0 radical (unpaired) electrons. The van der Waals surface area contributed by atoms with E-state index < -0.39 is 0 Å². The summed E-state index contributed by atoms with van der Waals surface area (Å²) in [6, 6.07) is 0. The van der Waals surface area contributed by atoms with Crippen molar-refractivity contribution in [3.05, 3.63) is 35.0 Å². The molecule has 0 aromatic carbocycles. The van der Waals surface area contributed by atoms with Crippen LogP contribution in [0.15, 0.2) is 35.0 Å². The first-order valence-corrected chi connectivity index (χ1v) is 8.04. The fraction of sp³-hybridized carbons (Fsp3) is 0.562. The van der Waals surface area contributed by atoms with Crippen LogP contribution in [0.1, 0.15) is 40.5 Å². The summed E-state index contributed by atoms with van der Waals surface area (Å²) in [7, 11) is 0. The van der Waals surface area contributed by atoms with Gasteiger partial charge in [0.25, 0.3) is 0 Å². The molecule has 0 fully saturated rings. The highest BCUT2D eigenvalue weighted by Crippen LogP contribution is 2.24. The Labute approximate surface area is 127 Å². The van der Waals surface area contributed by atoms with Gasteiger partial charge in [0.15, 0.2) is 0 Å². The third kappa shape index (κ3) is 9.73.